The minimum atomic E-state index is -1.91. The van der Waals surface area contributed by atoms with E-state index in [9.17, 15) is 9.00 Å². The summed E-state index contributed by atoms with van der Waals surface area (Å²) in [5, 5.41) is 0. The number of amides is 1. The maximum Gasteiger partial charge on any atom is 0.332 e. The third kappa shape index (κ3) is 2.29. The van der Waals surface area contributed by atoms with Crippen molar-refractivity contribution in [2.75, 3.05) is 0 Å². The lowest BCUT2D eigenvalue weighted by Gasteiger charge is -2.24. The molecule has 0 radical (unpaired) electrons. The molecule has 8 heteroatoms. The summed E-state index contributed by atoms with van der Waals surface area (Å²) in [6.45, 7) is 0. The first-order chi connectivity index (χ1) is 7.59. The van der Waals surface area contributed by atoms with Crippen LogP contribution in [-0.4, -0.2) is 18.0 Å². The molecule has 86 valence electrons. The van der Waals surface area contributed by atoms with Gasteiger partial charge in [0.15, 0.2) is 9.92 Å². The average Bonchev–Trinajstić information content (AvgIpc) is 2.24. The first kappa shape index (κ1) is 12.0. The van der Waals surface area contributed by atoms with Gasteiger partial charge in [0.1, 0.15) is 0 Å². The molecular formula is C8H5Cl2NO3S2. The molecule has 1 atom stereocenters. The standard InChI is InChI=1S/C8H5Cl2NO3S2/c9-8(10)15-11-7(12)5-3-1-2-4-6(5)14-16(11)13/h1-4,8H. The highest BCUT2D eigenvalue weighted by Crippen LogP contribution is 2.34. The molecule has 0 fully saturated rings. The Morgan fingerprint density at radius 1 is 1.38 bits per heavy atom. The zero-order valence-electron chi connectivity index (χ0n) is 7.63. The molecule has 1 aliphatic rings. The molecule has 1 aromatic carbocycles. The fourth-order valence-corrected chi connectivity index (χ4v) is 3.48. The van der Waals surface area contributed by atoms with Crippen LogP contribution < -0.4 is 4.18 Å². The van der Waals surface area contributed by atoms with Gasteiger partial charge in [0.05, 0.1) is 5.56 Å². The second-order valence-electron chi connectivity index (χ2n) is 2.72. The number of halogens is 2. The van der Waals surface area contributed by atoms with Crippen molar-refractivity contribution in [3.05, 3.63) is 29.8 Å². The number of alkyl halides is 2. The molecule has 0 aliphatic carbocycles. The van der Waals surface area contributed by atoms with Gasteiger partial charge in [-0.1, -0.05) is 35.3 Å². The SMILES string of the molecule is O=C1c2ccccc2OS(=O)N1SC(Cl)Cl. The normalized spacial score (nSPS) is 19.6. The number of carbonyl (C=O) groups is 1. The molecular weight excluding hydrogens is 293 g/mol. The molecule has 1 amide bonds. The van der Waals surface area contributed by atoms with Crippen LogP contribution in [0.1, 0.15) is 10.4 Å². The average molecular weight is 298 g/mol. The molecule has 2 rings (SSSR count). The second kappa shape index (κ2) is 4.83. The van der Waals surface area contributed by atoms with Crippen LogP contribution in [0.2, 0.25) is 0 Å². The van der Waals surface area contributed by atoms with Crippen LogP contribution in [0.5, 0.6) is 5.75 Å². The predicted molar refractivity (Wildman–Crippen MR) is 64.5 cm³/mol. The van der Waals surface area contributed by atoms with E-state index in [0.29, 0.717) is 11.3 Å². The molecule has 0 aromatic heterocycles. The second-order valence-corrected chi connectivity index (χ2v) is 6.58. The Hall–Kier alpha value is -0.430. The van der Waals surface area contributed by atoms with E-state index in [1.807, 2.05) is 0 Å². The van der Waals surface area contributed by atoms with E-state index < -0.39 is 21.3 Å². The van der Waals surface area contributed by atoms with Gasteiger partial charge >= 0.3 is 11.3 Å². The highest BCUT2D eigenvalue weighted by molar-refractivity contribution is 8.08. The monoisotopic (exact) mass is 297 g/mol. The zero-order valence-corrected chi connectivity index (χ0v) is 10.8. The lowest BCUT2D eigenvalue weighted by Crippen LogP contribution is -2.34. The molecule has 16 heavy (non-hydrogen) atoms. The van der Waals surface area contributed by atoms with Gasteiger partial charge in [-0.05, 0) is 12.1 Å². The summed E-state index contributed by atoms with van der Waals surface area (Å²) in [5.74, 6) is -0.139. The van der Waals surface area contributed by atoms with E-state index in [0.717, 1.165) is 15.7 Å². The lowest BCUT2D eigenvalue weighted by molar-refractivity contribution is 0.0918. The number of hydrogen-bond acceptors (Lipinski definition) is 4. The molecule has 1 aromatic rings. The highest BCUT2D eigenvalue weighted by atomic mass is 35.5. The number of nitrogens with zero attached hydrogens (tertiary/aromatic N) is 1. The van der Waals surface area contributed by atoms with Gasteiger partial charge in [-0.15, -0.1) is 0 Å². The van der Waals surface area contributed by atoms with Gasteiger partial charge < -0.3 is 4.18 Å². The van der Waals surface area contributed by atoms with Crippen molar-refractivity contribution in [1.29, 1.82) is 0 Å². The maximum atomic E-state index is 11.9. The lowest BCUT2D eigenvalue weighted by atomic mass is 10.2. The Labute approximate surface area is 109 Å². The van der Waals surface area contributed by atoms with Gasteiger partial charge in [-0.25, -0.2) is 0 Å². The number of rotatable bonds is 2. The zero-order chi connectivity index (χ0) is 11.7. The summed E-state index contributed by atoms with van der Waals surface area (Å²) >= 11 is 9.86. The predicted octanol–water partition coefficient (Wildman–Crippen LogP) is 2.51. The Bertz CT molecular complexity index is 455. The number of carbonyl (C=O) groups excluding carboxylic acids is 1. The highest BCUT2D eigenvalue weighted by Gasteiger charge is 2.33. The van der Waals surface area contributed by atoms with Crippen LogP contribution in [0.4, 0.5) is 0 Å². The molecule has 0 N–H and O–H groups in total. The Morgan fingerprint density at radius 2 is 2.06 bits per heavy atom. The van der Waals surface area contributed by atoms with Crippen LogP contribution in [0.3, 0.4) is 0 Å². The molecule has 1 aliphatic heterocycles. The van der Waals surface area contributed by atoms with Crippen LogP contribution in [0, 0.1) is 0 Å². The van der Waals surface area contributed by atoms with E-state index in [2.05, 4.69) is 0 Å². The fourth-order valence-electron chi connectivity index (χ4n) is 1.15. The molecule has 0 bridgehead atoms. The van der Waals surface area contributed by atoms with E-state index in [1.165, 1.54) is 0 Å². The summed E-state index contributed by atoms with van der Waals surface area (Å²) in [6, 6.07) is 6.54. The number of para-hydroxylation sites is 1. The number of fused-ring (bicyclic) bond motifs is 1. The van der Waals surface area contributed by atoms with Gasteiger partial charge in [0, 0.05) is 11.9 Å². The minimum Gasteiger partial charge on any atom is -0.383 e. The number of benzene rings is 1. The molecule has 1 unspecified atom stereocenters. The molecule has 0 spiro atoms. The molecule has 1 heterocycles. The van der Waals surface area contributed by atoms with E-state index in [-0.39, 0.29) is 0 Å². The minimum absolute atomic E-state index is 0.295. The largest absolute Gasteiger partial charge is 0.383 e. The summed E-state index contributed by atoms with van der Waals surface area (Å²) < 4.78 is 16.6. The Morgan fingerprint density at radius 3 is 2.75 bits per heavy atom. The van der Waals surface area contributed by atoms with Crippen LogP contribution in [0.15, 0.2) is 24.3 Å². The van der Waals surface area contributed by atoms with Crippen LogP contribution in [0.25, 0.3) is 0 Å². The summed E-state index contributed by atoms with van der Waals surface area (Å²) in [6.07, 6.45) is 0. The summed E-state index contributed by atoms with van der Waals surface area (Å²) in [7, 11) is 0. The number of hydrogen-bond donors (Lipinski definition) is 0. The third-order valence-corrected chi connectivity index (χ3v) is 4.13. The van der Waals surface area contributed by atoms with Gasteiger partial charge in [0.25, 0.3) is 5.91 Å². The molecule has 4 nitrogen and oxygen atoms in total. The van der Waals surface area contributed by atoms with Gasteiger partial charge in [-0.2, -0.15) is 7.92 Å². The van der Waals surface area contributed by atoms with Crippen molar-refractivity contribution in [2.45, 2.75) is 4.17 Å². The van der Waals surface area contributed by atoms with E-state index >= 15 is 0 Å². The van der Waals surface area contributed by atoms with Crippen molar-refractivity contribution < 1.29 is 13.2 Å². The summed E-state index contributed by atoms with van der Waals surface area (Å²) in [5.41, 5.74) is 0.337. The van der Waals surface area contributed by atoms with Gasteiger partial charge in [-0.3, -0.25) is 4.79 Å². The molecule has 0 saturated heterocycles. The van der Waals surface area contributed by atoms with E-state index in [1.54, 1.807) is 24.3 Å². The van der Waals surface area contributed by atoms with E-state index in [4.69, 9.17) is 27.4 Å². The van der Waals surface area contributed by atoms with Crippen LogP contribution in [-0.2, 0) is 11.3 Å². The topological polar surface area (TPSA) is 46.6 Å². The Kier molecular flexibility index (Phi) is 3.63. The fraction of sp³-hybridized carbons (Fsp3) is 0.125. The van der Waals surface area contributed by atoms with Crippen molar-refractivity contribution in [3.63, 3.8) is 0 Å². The van der Waals surface area contributed by atoms with Crippen molar-refractivity contribution in [3.8, 4) is 5.75 Å². The van der Waals surface area contributed by atoms with Crippen molar-refractivity contribution >= 4 is 52.3 Å². The molecule has 0 saturated carbocycles. The smallest absolute Gasteiger partial charge is 0.332 e. The van der Waals surface area contributed by atoms with Gasteiger partial charge in [0.2, 0.25) is 0 Å². The quantitative estimate of drug-likeness (QED) is 0.622. The summed E-state index contributed by atoms with van der Waals surface area (Å²) in [4.78, 5) is 11.9. The van der Waals surface area contributed by atoms with Crippen molar-refractivity contribution in [2.24, 2.45) is 0 Å². The Balaban J connectivity index is 2.34. The third-order valence-electron chi connectivity index (χ3n) is 1.76. The van der Waals surface area contributed by atoms with Crippen molar-refractivity contribution in [1.82, 2.24) is 3.71 Å². The first-order valence-corrected chi connectivity index (χ1v) is 6.82. The maximum absolute atomic E-state index is 11.9. The van der Waals surface area contributed by atoms with Crippen LogP contribution >= 0.6 is 35.1 Å². The first-order valence-electron chi connectivity index (χ1n) is 4.08.